The number of aliphatic hydroxyl groups is 1. The van der Waals surface area contributed by atoms with Crippen LogP contribution in [0.25, 0.3) is 0 Å². The number of hydrogen-bond acceptors (Lipinski definition) is 3. The molecule has 0 saturated heterocycles. The van der Waals surface area contributed by atoms with Crippen LogP contribution in [-0.2, 0) is 12.6 Å². The number of aliphatic hydroxyl groups excluding tert-OH is 1. The summed E-state index contributed by atoms with van der Waals surface area (Å²) in [6, 6.07) is 4.18. The minimum absolute atomic E-state index is 0.117. The Morgan fingerprint density at radius 2 is 1.77 bits per heavy atom. The monoisotopic (exact) mass is 375 g/mol. The molecule has 150 valence electrons. The van der Waals surface area contributed by atoms with E-state index in [1.165, 1.54) is 6.07 Å². The lowest BCUT2D eigenvalue weighted by molar-refractivity contribution is -0.139. The Bertz CT molecular complexity index is 528. The number of hydrogen-bond donors (Lipinski definition) is 2. The Hall–Kier alpha value is -1.27. The zero-order valence-electron chi connectivity index (χ0n) is 15.9. The third-order valence-electron chi connectivity index (χ3n) is 4.79. The fraction of sp³-hybridized carbons (Fsp3) is 0.700. The molecular formula is C20H32F3NO2. The van der Waals surface area contributed by atoms with E-state index in [1.807, 2.05) is 6.92 Å². The minimum Gasteiger partial charge on any atom is -0.493 e. The molecule has 0 fully saturated rings. The first kappa shape index (κ1) is 22.8. The highest BCUT2D eigenvalue weighted by Gasteiger charge is 2.34. The standard InChI is InChI=1S/C20H32F3NO2/c1-3-5-6-7-8-13-26-18-10-9-16(14-17(18)20(21,22)23)11-12-19(24,4-2)15-25/h9-10,14,25H,3-8,11-13,15,24H2,1-2H3. The summed E-state index contributed by atoms with van der Waals surface area (Å²) in [6.07, 6.45) is 1.96. The maximum Gasteiger partial charge on any atom is 0.419 e. The maximum atomic E-state index is 13.4. The van der Waals surface area contributed by atoms with Crippen molar-refractivity contribution in [2.24, 2.45) is 5.73 Å². The lowest BCUT2D eigenvalue weighted by atomic mass is 9.90. The molecule has 1 atom stereocenters. The van der Waals surface area contributed by atoms with Crippen LogP contribution in [0.5, 0.6) is 5.75 Å². The summed E-state index contributed by atoms with van der Waals surface area (Å²) in [5.41, 5.74) is 5.06. The van der Waals surface area contributed by atoms with Gasteiger partial charge in [-0.1, -0.05) is 45.6 Å². The summed E-state index contributed by atoms with van der Waals surface area (Å²) < 4.78 is 45.5. The molecule has 0 aromatic heterocycles. The van der Waals surface area contributed by atoms with E-state index in [0.717, 1.165) is 38.2 Å². The quantitative estimate of drug-likeness (QED) is 0.501. The minimum atomic E-state index is -4.46. The molecule has 1 aromatic carbocycles. The van der Waals surface area contributed by atoms with E-state index < -0.39 is 17.3 Å². The van der Waals surface area contributed by atoms with Gasteiger partial charge in [0.25, 0.3) is 0 Å². The molecule has 1 rings (SSSR count). The summed E-state index contributed by atoms with van der Waals surface area (Å²) in [7, 11) is 0. The van der Waals surface area contributed by atoms with Crippen LogP contribution in [0.15, 0.2) is 18.2 Å². The van der Waals surface area contributed by atoms with Gasteiger partial charge in [-0.3, -0.25) is 0 Å². The van der Waals surface area contributed by atoms with Crippen molar-refractivity contribution in [3.8, 4) is 5.75 Å². The van der Waals surface area contributed by atoms with Gasteiger partial charge in [-0.25, -0.2) is 0 Å². The fourth-order valence-corrected chi connectivity index (χ4v) is 2.73. The van der Waals surface area contributed by atoms with Crippen LogP contribution in [0.2, 0.25) is 0 Å². The summed E-state index contributed by atoms with van der Waals surface area (Å²) in [5.74, 6) is -0.117. The van der Waals surface area contributed by atoms with Crippen molar-refractivity contribution in [1.29, 1.82) is 0 Å². The van der Waals surface area contributed by atoms with Crippen LogP contribution in [0.4, 0.5) is 13.2 Å². The van der Waals surface area contributed by atoms with E-state index in [1.54, 1.807) is 6.07 Å². The molecule has 0 radical (unpaired) electrons. The van der Waals surface area contributed by atoms with Crippen LogP contribution in [0.3, 0.4) is 0 Å². The van der Waals surface area contributed by atoms with Gasteiger partial charge in [0.15, 0.2) is 0 Å². The average molecular weight is 375 g/mol. The fourth-order valence-electron chi connectivity index (χ4n) is 2.73. The van der Waals surface area contributed by atoms with Gasteiger partial charge in [0.1, 0.15) is 5.75 Å². The van der Waals surface area contributed by atoms with Gasteiger partial charge < -0.3 is 15.6 Å². The van der Waals surface area contributed by atoms with Gasteiger partial charge in [0.2, 0.25) is 0 Å². The molecule has 0 aliphatic rings. The van der Waals surface area contributed by atoms with Crippen LogP contribution in [0, 0.1) is 0 Å². The normalized spacial score (nSPS) is 14.3. The van der Waals surface area contributed by atoms with Crippen LogP contribution >= 0.6 is 0 Å². The number of ether oxygens (including phenoxy) is 1. The molecule has 0 bridgehead atoms. The van der Waals surface area contributed by atoms with Gasteiger partial charge in [-0.05, 0) is 43.4 Å². The second-order valence-electron chi connectivity index (χ2n) is 6.96. The van der Waals surface area contributed by atoms with Crippen molar-refractivity contribution in [2.45, 2.75) is 76.9 Å². The number of aryl methyl sites for hydroxylation is 1. The SMILES string of the molecule is CCCCCCCOc1ccc(CCC(N)(CC)CO)cc1C(F)(F)F. The topological polar surface area (TPSA) is 55.5 Å². The molecule has 0 saturated carbocycles. The van der Waals surface area contributed by atoms with Crippen molar-refractivity contribution in [1.82, 2.24) is 0 Å². The van der Waals surface area contributed by atoms with Gasteiger partial charge in [0.05, 0.1) is 18.8 Å². The number of benzene rings is 1. The predicted molar refractivity (Wildman–Crippen MR) is 98.3 cm³/mol. The highest BCUT2D eigenvalue weighted by molar-refractivity contribution is 5.39. The van der Waals surface area contributed by atoms with E-state index in [2.05, 4.69) is 6.92 Å². The predicted octanol–water partition coefficient (Wildman–Crippen LogP) is 5.09. The molecule has 26 heavy (non-hydrogen) atoms. The molecule has 3 nitrogen and oxygen atoms in total. The second kappa shape index (κ2) is 10.8. The van der Waals surface area contributed by atoms with Gasteiger partial charge >= 0.3 is 6.18 Å². The molecule has 6 heteroatoms. The Morgan fingerprint density at radius 3 is 2.35 bits per heavy atom. The van der Waals surface area contributed by atoms with E-state index in [9.17, 15) is 18.3 Å². The van der Waals surface area contributed by atoms with E-state index in [0.29, 0.717) is 31.4 Å². The first-order valence-electron chi connectivity index (χ1n) is 9.48. The van der Waals surface area contributed by atoms with E-state index >= 15 is 0 Å². The largest absolute Gasteiger partial charge is 0.493 e. The maximum absolute atomic E-state index is 13.4. The highest BCUT2D eigenvalue weighted by atomic mass is 19.4. The summed E-state index contributed by atoms with van der Waals surface area (Å²) in [4.78, 5) is 0. The number of halogens is 3. The van der Waals surface area contributed by atoms with Gasteiger partial charge in [-0.2, -0.15) is 13.2 Å². The average Bonchev–Trinajstić information content (AvgIpc) is 2.62. The molecule has 0 spiro atoms. The van der Waals surface area contributed by atoms with Crippen molar-refractivity contribution in [2.75, 3.05) is 13.2 Å². The van der Waals surface area contributed by atoms with Crippen molar-refractivity contribution < 1.29 is 23.0 Å². The van der Waals surface area contributed by atoms with Crippen molar-refractivity contribution >= 4 is 0 Å². The third kappa shape index (κ3) is 7.54. The van der Waals surface area contributed by atoms with E-state index in [4.69, 9.17) is 10.5 Å². The number of unbranched alkanes of at least 4 members (excludes halogenated alkanes) is 4. The first-order chi connectivity index (χ1) is 12.3. The number of alkyl halides is 3. The highest BCUT2D eigenvalue weighted by Crippen LogP contribution is 2.37. The van der Waals surface area contributed by atoms with Crippen molar-refractivity contribution in [3.63, 3.8) is 0 Å². The summed E-state index contributed by atoms with van der Waals surface area (Å²) >= 11 is 0. The van der Waals surface area contributed by atoms with Crippen molar-refractivity contribution in [3.05, 3.63) is 29.3 Å². The van der Waals surface area contributed by atoms with Crippen LogP contribution < -0.4 is 10.5 Å². The first-order valence-corrected chi connectivity index (χ1v) is 9.48. The zero-order valence-corrected chi connectivity index (χ0v) is 15.9. The van der Waals surface area contributed by atoms with Gasteiger partial charge in [0, 0.05) is 5.54 Å². The Labute approximate surface area is 154 Å². The third-order valence-corrected chi connectivity index (χ3v) is 4.79. The van der Waals surface area contributed by atoms with Crippen LogP contribution in [-0.4, -0.2) is 23.9 Å². The second-order valence-corrected chi connectivity index (χ2v) is 6.96. The molecule has 0 amide bonds. The lowest BCUT2D eigenvalue weighted by Gasteiger charge is -2.25. The summed E-state index contributed by atoms with van der Waals surface area (Å²) in [6.45, 7) is 4.07. The smallest absolute Gasteiger partial charge is 0.419 e. The number of nitrogens with two attached hydrogens (primary N) is 1. The molecule has 0 heterocycles. The molecule has 0 aliphatic carbocycles. The molecule has 1 aromatic rings. The Morgan fingerprint density at radius 1 is 1.08 bits per heavy atom. The number of rotatable bonds is 12. The Kier molecular flexibility index (Phi) is 9.44. The van der Waals surface area contributed by atoms with E-state index in [-0.39, 0.29) is 12.4 Å². The molecule has 3 N–H and O–H groups in total. The lowest BCUT2D eigenvalue weighted by Crippen LogP contribution is -2.43. The van der Waals surface area contributed by atoms with Gasteiger partial charge in [-0.15, -0.1) is 0 Å². The summed E-state index contributed by atoms with van der Waals surface area (Å²) in [5, 5.41) is 9.34. The van der Waals surface area contributed by atoms with Crippen LogP contribution in [0.1, 0.15) is 69.9 Å². The molecular weight excluding hydrogens is 343 g/mol. The Balaban J connectivity index is 2.74. The molecule has 1 unspecified atom stereocenters. The molecule has 0 aliphatic heterocycles. The zero-order chi connectivity index (χ0) is 19.6.